The van der Waals surface area contributed by atoms with Crippen LogP contribution in [0.3, 0.4) is 0 Å². The number of halogens is 2. The van der Waals surface area contributed by atoms with Crippen LogP contribution in [0.4, 0.5) is 10.2 Å². The molecule has 0 bridgehead atoms. The molecule has 3 aromatic heterocycles. The molecule has 5 rings (SSSR count). The number of fused-ring (bicyclic) bond motifs is 1. The van der Waals surface area contributed by atoms with Crippen LogP contribution in [0.1, 0.15) is 38.5 Å². The number of hydrogen-bond donors (Lipinski definition) is 3. The van der Waals surface area contributed by atoms with E-state index in [2.05, 4.69) is 30.6 Å². The highest BCUT2D eigenvalue weighted by Gasteiger charge is 2.28. The maximum absolute atomic E-state index is 14.6. The van der Waals surface area contributed by atoms with Crippen molar-refractivity contribution in [3.05, 3.63) is 35.5 Å². The lowest BCUT2D eigenvalue weighted by molar-refractivity contribution is -0.129. The minimum Gasteiger partial charge on any atom is -0.381 e. The molecular formula is C23H26ClFN6O2. The Morgan fingerprint density at radius 2 is 2.06 bits per heavy atom. The van der Waals surface area contributed by atoms with Crippen LogP contribution in [0.25, 0.3) is 22.4 Å². The number of carbonyl (C=O) groups is 1. The van der Waals surface area contributed by atoms with E-state index in [1.54, 1.807) is 18.5 Å². The summed E-state index contributed by atoms with van der Waals surface area (Å²) in [7, 11) is 0. The van der Waals surface area contributed by atoms with Gasteiger partial charge in [0.2, 0.25) is 5.91 Å². The van der Waals surface area contributed by atoms with E-state index in [9.17, 15) is 9.18 Å². The molecule has 2 aliphatic rings. The molecular weight excluding hydrogens is 447 g/mol. The van der Waals surface area contributed by atoms with Gasteiger partial charge in [-0.05, 0) is 44.6 Å². The van der Waals surface area contributed by atoms with Crippen LogP contribution in [0, 0.1) is 11.7 Å². The Hall–Kier alpha value is -2.78. The van der Waals surface area contributed by atoms with E-state index in [1.807, 2.05) is 0 Å². The van der Waals surface area contributed by atoms with Crippen molar-refractivity contribution in [3.8, 4) is 11.4 Å². The zero-order valence-corrected chi connectivity index (χ0v) is 18.9. The summed E-state index contributed by atoms with van der Waals surface area (Å²) in [4.78, 5) is 28.5. The first-order valence-corrected chi connectivity index (χ1v) is 11.7. The molecule has 0 aromatic carbocycles. The molecule has 0 radical (unpaired) electrons. The van der Waals surface area contributed by atoms with Gasteiger partial charge in [-0.1, -0.05) is 11.6 Å². The second-order valence-corrected chi connectivity index (χ2v) is 9.21. The van der Waals surface area contributed by atoms with E-state index in [4.69, 9.17) is 16.3 Å². The highest BCUT2D eigenvalue weighted by molar-refractivity contribution is 6.31. The van der Waals surface area contributed by atoms with Gasteiger partial charge in [-0.3, -0.25) is 4.79 Å². The van der Waals surface area contributed by atoms with Gasteiger partial charge in [-0.2, -0.15) is 0 Å². The molecule has 8 nitrogen and oxygen atoms in total. The molecule has 10 heteroatoms. The zero-order valence-electron chi connectivity index (χ0n) is 18.1. The Morgan fingerprint density at radius 3 is 2.91 bits per heavy atom. The number of anilines is 1. The lowest BCUT2D eigenvalue weighted by Crippen LogP contribution is -2.45. The average molecular weight is 473 g/mol. The molecule has 33 heavy (non-hydrogen) atoms. The molecule has 1 aliphatic heterocycles. The topological polar surface area (TPSA) is 105 Å². The third-order valence-corrected chi connectivity index (χ3v) is 6.58. The summed E-state index contributed by atoms with van der Waals surface area (Å²) < 4.78 is 20.0. The third kappa shape index (κ3) is 4.94. The van der Waals surface area contributed by atoms with Gasteiger partial charge in [-0.25, -0.2) is 19.3 Å². The van der Waals surface area contributed by atoms with Gasteiger partial charge < -0.3 is 20.4 Å². The Kier molecular flexibility index (Phi) is 6.41. The van der Waals surface area contributed by atoms with Crippen molar-refractivity contribution in [1.82, 2.24) is 25.3 Å². The molecule has 1 aliphatic carbocycles. The smallest absolute Gasteiger partial charge is 0.225 e. The number of hydrogen-bond acceptors (Lipinski definition) is 6. The second kappa shape index (κ2) is 9.61. The van der Waals surface area contributed by atoms with E-state index in [0.29, 0.717) is 35.1 Å². The number of aromatic amines is 1. The van der Waals surface area contributed by atoms with Gasteiger partial charge in [0.25, 0.3) is 0 Å². The zero-order chi connectivity index (χ0) is 22.8. The molecule has 1 saturated heterocycles. The van der Waals surface area contributed by atoms with Gasteiger partial charge in [0.15, 0.2) is 17.5 Å². The normalized spacial score (nSPS) is 23.4. The van der Waals surface area contributed by atoms with Gasteiger partial charge in [0.1, 0.15) is 5.65 Å². The Labute approximate surface area is 195 Å². The summed E-state index contributed by atoms with van der Waals surface area (Å²) in [6.07, 6.45) is 9.70. The summed E-state index contributed by atoms with van der Waals surface area (Å²) in [6, 6.07) is 1.83. The van der Waals surface area contributed by atoms with Gasteiger partial charge in [0.05, 0.1) is 23.7 Å². The largest absolute Gasteiger partial charge is 0.381 e. The average Bonchev–Trinajstić information content (AvgIpc) is 3.24. The number of ether oxygens (including phenoxy) is 1. The minimum atomic E-state index is -0.514. The number of nitrogens with one attached hydrogen (secondary N) is 3. The first kappa shape index (κ1) is 22.0. The van der Waals surface area contributed by atoms with Crippen molar-refractivity contribution in [2.75, 3.05) is 18.5 Å². The van der Waals surface area contributed by atoms with E-state index in [-0.39, 0.29) is 29.7 Å². The predicted molar refractivity (Wildman–Crippen MR) is 123 cm³/mol. The molecule has 3 unspecified atom stereocenters. The van der Waals surface area contributed by atoms with Crippen LogP contribution in [0.2, 0.25) is 5.02 Å². The summed E-state index contributed by atoms with van der Waals surface area (Å²) in [5.74, 6) is 0.00464. The van der Waals surface area contributed by atoms with Gasteiger partial charge >= 0.3 is 0 Å². The number of nitrogens with zero attached hydrogens (tertiary/aromatic N) is 3. The fourth-order valence-corrected chi connectivity index (χ4v) is 4.83. The Morgan fingerprint density at radius 1 is 1.18 bits per heavy atom. The lowest BCUT2D eigenvalue weighted by Gasteiger charge is -2.32. The SMILES string of the molecule is O=C(NC1CCCC(Nc2nc(-c3c[nH]c4ncc(Cl)cc34)ncc2F)C1)C1CCCOC1. The van der Waals surface area contributed by atoms with Crippen molar-refractivity contribution >= 4 is 34.4 Å². The van der Waals surface area contributed by atoms with E-state index in [0.717, 1.165) is 44.1 Å². The van der Waals surface area contributed by atoms with Crippen LogP contribution in [0.5, 0.6) is 0 Å². The summed E-state index contributed by atoms with van der Waals surface area (Å²) in [5, 5.41) is 7.68. The quantitative estimate of drug-likeness (QED) is 0.517. The van der Waals surface area contributed by atoms with Gasteiger partial charge in [-0.15, -0.1) is 0 Å². The molecule has 2 fully saturated rings. The van der Waals surface area contributed by atoms with Crippen molar-refractivity contribution in [2.45, 2.75) is 50.6 Å². The summed E-state index contributed by atoms with van der Waals surface area (Å²) in [5.41, 5.74) is 1.36. The molecule has 174 valence electrons. The second-order valence-electron chi connectivity index (χ2n) is 8.77. The van der Waals surface area contributed by atoms with Crippen molar-refractivity contribution in [2.24, 2.45) is 5.92 Å². The first-order valence-electron chi connectivity index (χ1n) is 11.4. The van der Waals surface area contributed by atoms with Crippen LogP contribution in [-0.2, 0) is 9.53 Å². The van der Waals surface area contributed by atoms with Crippen LogP contribution in [0.15, 0.2) is 24.7 Å². The Bertz CT molecular complexity index is 1150. The molecule has 4 heterocycles. The van der Waals surface area contributed by atoms with Crippen molar-refractivity contribution in [3.63, 3.8) is 0 Å². The predicted octanol–water partition coefficient (Wildman–Crippen LogP) is 4.08. The highest BCUT2D eigenvalue weighted by Crippen LogP contribution is 2.29. The maximum Gasteiger partial charge on any atom is 0.225 e. The van der Waals surface area contributed by atoms with Crippen molar-refractivity contribution < 1.29 is 13.9 Å². The van der Waals surface area contributed by atoms with E-state index < -0.39 is 5.82 Å². The fourth-order valence-electron chi connectivity index (χ4n) is 4.67. The maximum atomic E-state index is 14.6. The van der Waals surface area contributed by atoms with Crippen LogP contribution < -0.4 is 10.6 Å². The number of aromatic nitrogens is 4. The minimum absolute atomic E-state index is 0.00276. The molecule has 1 amide bonds. The first-order chi connectivity index (χ1) is 16.1. The molecule has 3 aromatic rings. The molecule has 3 N–H and O–H groups in total. The van der Waals surface area contributed by atoms with E-state index >= 15 is 0 Å². The fraction of sp³-hybridized carbons (Fsp3) is 0.478. The number of amides is 1. The number of rotatable bonds is 5. The monoisotopic (exact) mass is 472 g/mol. The molecule has 1 saturated carbocycles. The number of pyridine rings is 1. The van der Waals surface area contributed by atoms with E-state index in [1.165, 1.54) is 6.20 Å². The van der Waals surface area contributed by atoms with Crippen LogP contribution in [-0.4, -0.2) is 51.1 Å². The standard InChI is InChI=1S/C23H26ClFN6O2/c24-14-7-17-18(10-27-20(17)26-9-14)21-28-11-19(25)22(31-21)29-15-4-1-5-16(8-15)30-23(32)13-3-2-6-33-12-13/h7,9-11,13,15-16H,1-6,8,12H2,(H,26,27)(H,30,32)(H,28,29,31). The van der Waals surface area contributed by atoms with Gasteiger partial charge in [0, 0.05) is 42.0 Å². The molecule has 3 atom stereocenters. The summed E-state index contributed by atoms with van der Waals surface area (Å²) in [6.45, 7) is 1.22. The lowest BCUT2D eigenvalue weighted by atomic mass is 9.90. The molecule has 0 spiro atoms. The van der Waals surface area contributed by atoms with Crippen LogP contribution >= 0.6 is 11.6 Å². The highest BCUT2D eigenvalue weighted by atomic mass is 35.5. The van der Waals surface area contributed by atoms with Crippen molar-refractivity contribution in [1.29, 1.82) is 0 Å². The number of H-pyrrole nitrogens is 1. The number of carbonyl (C=O) groups excluding carboxylic acids is 1. The summed E-state index contributed by atoms with van der Waals surface area (Å²) >= 11 is 6.09. The Balaban J connectivity index is 1.28. The third-order valence-electron chi connectivity index (χ3n) is 6.38.